The molecule has 1 aromatic rings. The SMILES string of the molecule is CN(C)c1ccc([N+](=O)[O-])c(S(=O)(=O)C2CCCC2)n1. The third-order valence-electron chi connectivity index (χ3n) is 3.49. The highest BCUT2D eigenvalue weighted by atomic mass is 32.2. The van der Waals surface area contributed by atoms with Crippen LogP contribution in [-0.2, 0) is 9.84 Å². The largest absolute Gasteiger partial charge is 0.363 e. The van der Waals surface area contributed by atoms with Crippen molar-refractivity contribution in [1.29, 1.82) is 0 Å². The fourth-order valence-corrected chi connectivity index (χ4v) is 4.30. The Morgan fingerprint density at radius 1 is 1.30 bits per heavy atom. The smallest absolute Gasteiger partial charge is 0.306 e. The molecular weight excluding hydrogens is 282 g/mol. The fourth-order valence-electron chi connectivity index (χ4n) is 2.38. The van der Waals surface area contributed by atoms with Crippen molar-refractivity contribution in [2.24, 2.45) is 0 Å². The van der Waals surface area contributed by atoms with Crippen LogP contribution in [0.25, 0.3) is 0 Å². The van der Waals surface area contributed by atoms with E-state index in [4.69, 9.17) is 0 Å². The van der Waals surface area contributed by atoms with E-state index in [9.17, 15) is 18.5 Å². The van der Waals surface area contributed by atoms with Gasteiger partial charge in [0, 0.05) is 20.2 Å². The van der Waals surface area contributed by atoms with Crippen LogP contribution >= 0.6 is 0 Å². The molecule has 0 bridgehead atoms. The van der Waals surface area contributed by atoms with Crippen LogP contribution in [0.15, 0.2) is 17.2 Å². The summed E-state index contributed by atoms with van der Waals surface area (Å²) >= 11 is 0. The summed E-state index contributed by atoms with van der Waals surface area (Å²) < 4.78 is 25.1. The highest BCUT2D eigenvalue weighted by Gasteiger charge is 2.37. The minimum Gasteiger partial charge on any atom is -0.363 e. The van der Waals surface area contributed by atoms with Gasteiger partial charge in [0.25, 0.3) is 0 Å². The third kappa shape index (κ3) is 2.60. The maximum Gasteiger partial charge on any atom is 0.306 e. The lowest BCUT2D eigenvalue weighted by Gasteiger charge is -2.15. The first kappa shape index (κ1) is 14.7. The second-order valence-electron chi connectivity index (χ2n) is 5.10. The minimum atomic E-state index is -3.75. The summed E-state index contributed by atoms with van der Waals surface area (Å²) in [7, 11) is -0.333. The van der Waals surface area contributed by atoms with Crippen LogP contribution in [0.5, 0.6) is 0 Å². The van der Waals surface area contributed by atoms with Crippen LogP contribution in [0.1, 0.15) is 25.7 Å². The van der Waals surface area contributed by atoms with Crippen LogP contribution in [0, 0.1) is 10.1 Å². The maximum absolute atomic E-state index is 12.5. The predicted octanol–water partition coefficient (Wildman–Crippen LogP) is 1.77. The van der Waals surface area contributed by atoms with Crippen molar-refractivity contribution in [3.8, 4) is 0 Å². The van der Waals surface area contributed by atoms with Crippen LogP contribution < -0.4 is 4.90 Å². The van der Waals surface area contributed by atoms with Gasteiger partial charge in [-0.15, -0.1) is 0 Å². The van der Waals surface area contributed by atoms with E-state index in [1.54, 1.807) is 19.0 Å². The molecule has 20 heavy (non-hydrogen) atoms. The Hall–Kier alpha value is -1.70. The molecule has 0 aliphatic heterocycles. The highest BCUT2D eigenvalue weighted by molar-refractivity contribution is 7.92. The molecule has 0 unspecified atom stereocenters. The van der Waals surface area contributed by atoms with Crippen molar-refractivity contribution >= 4 is 21.3 Å². The van der Waals surface area contributed by atoms with E-state index in [1.807, 2.05) is 0 Å². The summed E-state index contributed by atoms with van der Waals surface area (Å²) in [4.78, 5) is 16.0. The van der Waals surface area contributed by atoms with E-state index < -0.39 is 30.7 Å². The van der Waals surface area contributed by atoms with Crippen LogP contribution in [0.2, 0.25) is 0 Å². The molecule has 1 saturated carbocycles. The van der Waals surface area contributed by atoms with Crippen LogP contribution in [-0.4, -0.2) is 37.7 Å². The van der Waals surface area contributed by atoms with Crippen molar-refractivity contribution < 1.29 is 13.3 Å². The van der Waals surface area contributed by atoms with E-state index in [2.05, 4.69) is 4.98 Å². The standard InChI is InChI=1S/C12H17N3O4S/c1-14(2)11-8-7-10(15(16)17)12(13-11)20(18,19)9-5-3-4-6-9/h7-9H,3-6H2,1-2H3. The molecule has 0 radical (unpaired) electrons. The zero-order valence-corrected chi connectivity index (χ0v) is 12.3. The number of nitrogens with zero attached hydrogens (tertiary/aromatic N) is 3. The molecule has 0 saturated heterocycles. The molecule has 1 aliphatic rings. The zero-order valence-electron chi connectivity index (χ0n) is 11.4. The third-order valence-corrected chi connectivity index (χ3v) is 5.68. The van der Waals surface area contributed by atoms with Crippen molar-refractivity contribution in [1.82, 2.24) is 4.98 Å². The Morgan fingerprint density at radius 3 is 2.40 bits per heavy atom. The summed E-state index contributed by atoms with van der Waals surface area (Å²) in [5, 5.41) is 10.1. The van der Waals surface area contributed by atoms with Gasteiger partial charge in [-0.2, -0.15) is 0 Å². The molecule has 1 heterocycles. The van der Waals surface area contributed by atoms with E-state index in [1.165, 1.54) is 12.1 Å². The van der Waals surface area contributed by atoms with Crippen LogP contribution in [0.3, 0.4) is 0 Å². The highest BCUT2D eigenvalue weighted by Crippen LogP contribution is 2.33. The monoisotopic (exact) mass is 299 g/mol. The molecule has 1 fully saturated rings. The van der Waals surface area contributed by atoms with Crippen LogP contribution in [0.4, 0.5) is 11.5 Å². The average molecular weight is 299 g/mol. The summed E-state index contributed by atoms with van der Waals surface area (Å²) in [5.74, 6) is 0.396. The first-order valence-corrected chi connectivity index (χ1v) is 7.95. The Bertz CT molecular complexity index is 622. The maximum atomic E-state index is 12.5. The molecule has 0 atom stereocenters. The van der Waals surface area contributed by atoms with Gasteiger partial charge in [-0.3, -0.25) is 10.1 Å². The number of nitro groups is 1. The molecule has 0 amide bonds. The number of hydrogen-bond acceptors (Lipinski definition) is 6. The molecule has 8 heteroatoms. The number of rotatable bonds is 4. The van der Waals surface area contributed by atoms with Crippen molar-refractivity contribution in [3.05, 3.63) is 22.2 Å². The minimum absolute atomic E-state index is 0.396. The molecule has 2 rings (SSSR count). The molecular formula is C12H17N3O4S. The van der Waals surface area contributed by atoms with E-state index in [-0.39, 0.29) is 0 Å². The Kier molecular flexibility index (Phi) is 3.94. The number of pyridine rings is 1. The second-order valence-corrected chi connectivity index (χ2v) is 7.24. The van der Waals surface area contributed by atoms with Gasteiger partial charge in [-0.05, 0) is 18.9 Å². The second kappa shape index (κ2) is 5.35. The van der Waals surface area contributed by atoms with Gasteiger partial charge in [0.2, 0.25) is 14.9 Å². The number of anilines is 1. The number of hydrogen-bond donors (Lipinski definition) is 0. The van der Waals surface area contributed by atoms with Gasteiger partial charge >= 0.3 is 5.69 Å². The Balaban J connectivity index is 2.57. The van der Waals surface area contributed by atoms with Gasteiger partial charge < -0.3 is 4.90 Å². The first-order valence-electron chi connectivity index (χ1n) is 6.40. The normalized spacial score (nSPS) is 16.3. The van der Waals surface area contributed by atoms with E-state index in [0.717, 1.165) is 12.8 Å². The molecule has 0 spiro atoms. The summed E-state index contributed by atoms with van der Waals surface area (Å²) in [6, 6.07) is 2.66. The lowest BCUT2D eigenvalue weighted by atomic mass is 10.4. The molecule has 1 aromatic heterocycles. The van der Waals surface area contributed by atoms with E-state index >= 15 is 0 Å². The van der Waals surface area contributed by atoms with Gasteiger partial charge in [0.05, 0.1) is 10.2 Å². The van der Waals surface area contributed by atoms with Crippen molar-refractivity contribution in [2.45, 2.75) is 36.0 Å². The van der Waals surface area contributed by atoms with Gasteiger partial charge in [0.15, 0.2) is 0 Å². The van der Waals surface area contributed by atoms with Crippen molar-refractivity contribution in [3.63, 3.8) is 0 Å². The van der Waals surface area contributed by atoms with Gasteiger partial charge in [0.1, 0.15) is 5.82 Å². The van der Waals surface area contributed by atoms with Crippen molar-refractivity contribution in [2.75, 3.05) is 19.0 Å². The summed E-state index contributed by atoms with van der Waals surface area (Å²) in [6.45, 7) is 0. The lowest BCUT2D eigenvalue weighted by Crippen LogP contribution is -2.22. The average Bonchev–Trinajstić information content (AvgIpc) is 2.92. The lowest BCUT2D eigenvalue weighted by molar-refractivity contribution is -0.388. The molecule has 0 aromatic carbocycles. The molecule has 7 nitrogen and oxygen atoms in total. The Labute approximate surface area is 117 Å². The van der Waals surface area contributed by atoms with Gasteiger partial charge in [-0.25, -0.2) is 13.4 Å². The number of aromatic nitrogens is 1. The molecule has 110 valence electrons. The predicted molar refractivity (Wildman–Crippen MR) is 74.7 cm³/mol. The summed E-state index contributed by atoms with van der Waals surface area (Å²) in [6.07, 6.45) is 2.77. The summed E-state index contributed by atoms with van der Waals surface area (Å²) in [5.41, 5.74) is -0.442. The number of sulfone groups is 1. The molecule has 1 aliphatic carbocycles. The topological polar surface area (TPSA) is 93.4 Å². The van der Waals surface area contributed by atoms with Gasteiger partial charge in [-0.1, -0.05) is 12.8 Å². The quantitative estimate of drug-likeness (QED) is 0.621. The van der Waals surface area contributed by atoms with E-state index in [0.29, 0.717) is 18.7 Å². The first-order chi connectivity index (χ1) is 9.34. The fraction of sp³-hybridized carbons (Fsp3) is 0.583. The molecule has 0 N–H and O–H groups in total. The zero-order chi connectivity index (χ0) is 14.9. The Morgan fingerprint density at radius 2 is 1.90 bits per heavy atom.